The van der Waals surface area contributed by atoms with E-state index in [1.807, 2.05) is 20.8 Å². The fraction of sp³-hybridized carbons (Fsp3) is 0.688. The molecule has 2 aliphatic rings. The second-order valence-corrected chi connectivity index (χ2v) is 6.93. The summed E-state index contributed by atoms with van der Waals surface area (Å²) in [6, 6.07) is 0. The van der Waals surface area contributed by atoms with Crippen LogP contribution in [0.2, 0.25) is 0 Å². The Balaban J connectivity index is 1.70. The average molecular weight is 305 g/mol. The molecule has 1 fully saturated rings. The Kier molecular flexibility index (Phi) is 3.93. The maximum Gasteiger partial charge on any atom is 0.410 e. The summed E-state index contributed by atoms with van der Waals surface area (Å²) in [6.45, 7) is 6.67. The van der Waals surface area contributed by atoms with Gasteiger partial charge in [-0.05, 0) is 46.5 Å². The number of rotatable bonds is 2. The Morgan fingerprint density at radius 1 is 1.32 bits per heavy atom. The van der Waals surface area contributed by atoms with E-state index in [4.69, 9.17) is 9.47 Å². The second-order valence-electron chi connectivity index (χ2n) is 6.93. The van der Waals surface area contributed by atoms with Gasteiger partial charge in [0.05, 0.1) is 12.2 Å². The molecule has 0 N–H and O–H groups in total. The standard InChI is InChI=1S/C16H23N3O3/c1-16(2,3)22-15(20)19-8-7-12-13(9-19)17-10-18-14(12)21-11-5-4-6-11/h10-11H,4-9H2,1-3H3. The molecule has 22 heavy (non-hydrogen) atoms. The Labute approximate surface area is 130 Å². The topological polar surface area (TPSA) is 64.5 Å². The predicted octanol–water partition coefficient (Wildman–Crippen LogP) is 2.70. The Hall–Kier alpha value is -1.85. The highest BCUT2D eigenvalue weighted by Gasteiger charge is 2.29. The minimum absolute atomic E-state index is 0.293. The van der Waals surface area contributed by atoms with E-state index in [2.05, 4.69) is 9.97 Å². The van der Waals surface area contributed by atoms with Crippen LogP contribution in [0.4, 0.5) is 4.79 Å². The molecule has 0 aromatic carbocycles. The minimum atomic E-state index is -0.485. The van der Waals surface area contributed by atoms with Crippen LogP contribution in [0, 0.1) is 0 Å². The lowest BCUT2D eigenvalue weighted by molar-refractivity contribution is 0.0217. The van der Waals surface area contributed by atoms with E-state index in [0.29, 0.717) is 31.5 Å². The zero-order valence-corrected chi connectivity index (χ0v) is 13.5. The summed E-state index contributed by atoms with van der Waals surface area (Å²) < 4.78 is 11.4. The van der Waals surface area contributed by atoms with Crippen LogP contribution in [0.5, 0.6) is 5.88 Å². The van der Waals surface area contributed by atoms with Crippen LogP contribution >= 0.6 is 0 Å². The highest BCUT2D eigenvalue weighted by Crippen LogP contribution is 2.29. The van der Waals surface area contributed by atoms with Gasteiger partial charge < -0.3 is 14.4 Å². The smallest absolute Gasteiger partial charge is 0.410 e. The van der Waals surface area contributed by atoms with Crippen molar-refractivity contribution in [1.29, 1.82) is 0 Å². The number of hydrogen-bond donors (Lipinski definition) is 0. The number of nitrogens with zero attached hydrogens (tertiary/aromatic N) is 3. The first-order valence-corrected chi connectivity index (χ1v) is 7.90. The minimum Gasteiger partial charge on any atom is -0.474 e. The summed E-state index contributed by atoms with van der Waals surface area (Å²) in [5.41, 5.74) is 1.41. The van der Waals surface area contributed by atoms with Crippen LogP contribution in [0.3, 0.4) is 0 Å². The number of fused-ring (bicyclic) bond motifs is 1. The van der Waals surface area contributed by atoms with Crippen molar-refractivity contribution in [3.63, 3.8) is 0 Å². The normalized spacial score (nSPS) is 18.4. The van der Waals surface area contributed by atoms with Crippen molar-refractivity contribution >= 4 is 6.09 Å². The van der Waals surface area contributed by atoms with Gasteiger partial charge in [0.1, 0.15) is 18.0 Å². The van der Waals surface area contributed by atoms with Gasteiger partial charge in [-0.2, -0.15) is 0 Å². The third-order valence-electron chi connectivity index (χ3n) is 3.95. The number of aromatic nitrogens is 2. The lowest BCUT2D eigenvalue weighted by atomic mass is 9.96. The summed E-state index contributed by atoms with van der Waals surface area (Å²) in [5, 5.41) is 0. The zero-order valence-electron chi connectivity index (χ0n) is 13.5. The Bertz CT molecular complexity index is 564. The molecule has 0 spiro atoms. The van der Waals surface area contributed by atoms with Gasteiger partial charge >= 0.3 is 6.09 Å². The molecule has 6 nitrogen and oxygen atoms in total. The molecule has 1 saturated carbocycles. The van der Waals surface area contributed by atoms with Crippen molar-refractivity contribution in [2.75, 3.05) is 6.54 Å². The van der Waals surface area contributed by atoms with Gasteiger partial charge in [-0.15, -0.1) is 0 Å². The van der Waals surface area contributed by atoms with Crippen molar-refractivity contribution in [2.45, 2.75) is 64.7 Å². The van der Waals surface area contributed by atoms with Gasteiger partial charge in [-0.25, -0.2) is 14.8 Å². The van der Waals surface area contributed by atoms with Crippen LogP contribution in [-0.4, -0.2) is 39.2 Å². The van der Waals surface area contributed by atoms with Crippen molar-refractivity contribution < 1.29 is 14.3 Å². The van der Waals surface area contributed by atoms with Crippen molar-refractivity contribution in [3.05, 3.63) is 17.6 Å². The molecule has 0 saturated heterocycles. The van der Waals surface area contributed by atoms with E-state index in [9.17, 15) is 4.79 Å². The van der Waals surface area contributed by atoms with E-state index in [0.717, 1.165) is 24.1 Å². The molecule has 1 aliphatic carbocycles. The lowest BCUT2D eigenvalue weighted by Gasteiger charge is -2.32. The first kappa shape index (κ1) is 15.1. The molecule has 2 heterocycles. The second kappa shape index (κ2) is 5.74. The van der Waals surface area contributed by atoms with E-state index in [1.165, 1.54) is 12.7 Å². The fourth-order valence-electron chi connectivity index (χ4n) is 2.55. The average Bonchev–Trinajstić information content (AvgIpc) is 2.40. The van der Waals surface area contributed by atoms with Gasteiger partial charge in [0, 0.05) is 12.1 Å². The maximum atomic E-state index is 12.2. The number of ether oxygens (including phenoxy) is 2. The van der Waals surface area contributed by atoms with Crippen LogP contribution < -0.4 is 4.74 Å². The van der Waals surface area contributed by atoms with Crippen molar-refractivity contribution in [1.82, 2.24) is 14.9 Å². The van der Waals surface area contributed by atoms with E-state index in [1.54, 1.807) is 4.90 Å². The largest absolute Gasteiger partial charge is 0.474 e. The van der Waals surface area contributed by atoms with Gasteiger partial charge in [-0.1, -0.05) is 0 Å². The summed E-state index contributed by atoms with van der Waals surface area (Å²) >= 11 is 0. The van der Waals surface area contributed by atoms with Gasteiger partial charge in [0.15, 0.2) is 0 Å². The molecule has 1 aromatic heterocycles. The van der Waals surface area contributed by atoms with E-state index in [-0.39, 0.29) is 6.09 Å². The molecule has 1 aromatic rings. The summed E-state index contributed by atoms with van der Waals surface area (Å²) in [4.78, 5) is 22.5. The van der Waals surface area contributed by atoms with Crippen LogP contribution in [0.1, 0.15) is 51.3 Å². The van der Waals surface area contributed by atoms with Crippen molar-refractivity contribution in [3.8, 4) is 5.88 Å². The molecule has 3 rings (SSSR count). The van der Waals surface area contributed by atoms with Crippen LogP contribution in [-0.2, 0) is 17.7 Å². The number of amides is 1. The number of hydrogen-bond acceptors (Lipinski definition) is 5. The monoisotopic (exact) mass is 305 g/mol. The fourth-order valence-corrected chi connectivity index (χ4v) is 2.55. The van der Waals surface area contributed by atoms with Gasteiger partial charge in [-0.3, -0.25) is 0 Å². The molecule has 0 bridgehead atoms. The maximum absolute atomic E-state index is 12.2. The molecular formula is C16H23N3O3. The molecule has 1 aliphatic heterocycles. The highest BCUT2D eigenvalue weighted by molar-refractivity contribution is 5.68. The van der Waals surface area contributed by atoms with E-state index >= 15 is 0 Å². The van der Waals surface area contributed by atoms with Crippen LogP contribution in [0.15, 0.2) is 6.33 Å². The van der Waals surface area contributed by atoms with E-state index < -0.39 is 5.60 Å². The molecule has 0 unspecified atom stereocenters. The number of carbonyl (C=O) groups is 1. The molecule has 120 valence electrons. The third kappa shape index (κ3) is 3.31. The highest BCUT2D eigenvalue weighted by atomic mass is 16.6. The lowest BCUT2D eigenvalue weighted by Crippen LogP contribution is -2.40. The summed E-state index contributed by atoms with van der Waals surface area (Å²) in [7, 11) is 0. The van der Waals surface area contributed by atoms with Gasteiger partial charge in [0.2, 0.25) is 5.88 Å². The quantitative estimate of drug-likeness (QED) is 0.840. The Morgan fingerprint density at radius 3 is 2.73 bits per heavy atom. The first-order valence-electron chi connectivity index (χ1n) is 7.90. The summed E-state index contributed by atoms with van der Waals surface area (Å²) in [6.07, 6.45) is 5.65. The molecule has 0 radical (unpaired) electrons. The molecule has 1 amide bonds. The molecule has 0 atom stereocenters. The molecular weight excluding hydrogens is 282 g/mol. The predicted molar refractivity (Wildman–Crippen MR) is 80.6 cm³/mol. The van der Waals surface area contributed by atoms with Gasteiger partial charge in [0.25, 0.3) is 0 Å². The SMILES string of the molecule is CC(C)(C)OC(=O)N1CCc2c(ncnc2OC2CCC2)C1. The van der Waals surface area contributed by atoms with Crippen molar-refractivity contribution in [2.24, 2.45) is 0 Å². The zero-order chi connectivity index (χ0) is 15.7. The number of carbonyl (C=O) groups excluding carboxylic acids is 1. The Morgan fingerprint density at radius 2 is 2.09 bits per heavy atom. The van der Waals surface area contributed by atoms with Crippen LogP contribution in [0.25, 0.3) is 0 Å². The molecule has 6 heteroatoms. The summed E-state index contributed by atoms with van der Waals surface area (Å²) in [5.74, 6) is 0.693. The third-order valence-corrected chi connectivity index (χ3v) is 3.95. The first-order chi connectivity index (χ1) is 10.4.